The highest BCUT2D eigenvalue weighted by Crippen LogP contribution is 2.22. The largest absolute Gasteiger partial charge is 0.318 e. The first kappa shape index (κ1) is 17.0. The van der Waals surface area contributed by atoms with Gasteiger partial charge in [-0.05, 0) is 37.1 Å². The standard InChI is InChI=1S/C18H16F3N3O/c1-3-5-13-16(24-9-4-6-10(2)17(24)22-13)18(25)23-12-8-7-11(19)14(20)15(12)21/h4,6-9H,3,5H2,1-2H3,(H,23,25). The maximum atomic E-state index is 13.8. The van der Waals surface area contributed by atoms with E-state index in [4.69, 9.17) is 0 Å². The number of imidazole rings is 1. The smallest absolute Gasteiger partial charge is 0.274 e. The van der Waals surface area contributed by atoms with E-state index in [2.05, 4.69) is 10.3 Å². The van der Waals surface area contributed by atoms with Gasteiger partial charge in [-0.15, -0.1) is 0 Å². The molecule has 0 atom stereocenters. The van der Waals surface area contributed by atoms with Gasteiger partial charge in [0.05, 0.1) is 11.4 Å². The Bertz CT molecular complexity index is 966. The minimum atomic E-state index is -1.62. The molecule has 1 amide bonds. The molecule has 2 aromatic heterocycles. The molecule has 0 aliphatic carbocycles. The predicted octanol–water partition coefficient (Wildman–Crippen LogP) is 4.26. The summed E-state index contributed by atoms with van der Waals surface area (Å²) >= 11 is 0. The summed E-state index contributed by atoms with van der Waals surface area (Å²) in [5, 5.41) is 2.31. The van der Waals surface area contributed by atoms with Gasteiger partial charge >= 0.3 is 0 Å². The van der Waals surface area contributed by atoms with Crippen molar-refractivity contribution in [1.29, 1.82) is 0 Å². The molecule has 7 heteroatoms. The molecule has 1 aromatic carbocycles. The van der Waals surface area contributed by atoms with E-state index in [0.29, 0.717) is 17.8 Å². The molecule has 0 fully saturated rings. The third-order valence-electron chi connectivity index (χ3n) is 3.90. The quantitative estimate of drug-likeness (QED) is 0.717. The fourth-order valence-electron chi connectivity index (χ4n) is 2.71. The van der Waals surface area contributed by atoms with Crippen molar-refractivity contribution in [2.75, 3.05) is 5.32 Å². The Kier molecular flexibility index (Phi) is 4.48. The number of carbonyl (C=O) groups excluding carboxylic acids is 1. The van der Waals surface area contributed by atoms with Crippen molar-refractivity contribution in [3.05, 3.63) is 64.9 Å². The van der Waals surface area contributed by atoms with E-state index in [9.17, 15) is 18.0 Å². The molecule has 4 nitrogen and oxygen atoms in total. The van der Waals surface area contributed by atoms with Gasteiger partial charge in [0.2, 0.25) is 0 Å². The van der Waals surface area contributed by atoms with E-state index in [-0.39, 0.29) is 5.69 Å². The van der Waals surface area contributed by atoms with Crippen molar-refractivity contribution in [2.24, 2.45) is 0 Å². The van der Waals surface area contributed by atoms with Crippen molar-refractivity contribution in [3.63, 3.8) is 0 Å². The highest BCUT2D eigenvalue weighted by molar-refractivity contribution is 6.04. The Morgan fingerprint density at radius 1 is 1.20 bits per heavy atom. The number of benzene rings is 1. The summed E-state index contributed by atoms with van der Waals surface area (Å²) in [6, 6.07) is 5.39. The molecule has 0 saturated carbocycles. The zero-order chi connectivity index (χ0) is 18.1. The topological polar surface area (TPSA) is 46.4 Å². The lowest BCUT2D eigenvalue weighted by Gasteiger charge is -2.09. The third-order valence-corrected chi connectivity index (χ3v) is 3.90. The predicted molar refractivity (Wildman–Crippen MR) is 88.2 cm³/mol. The van der Waals surface area contributed by atoms with E-state index in [1.165, 1.54) is 0 Å². The molecular weight excluding hydrogens is 331 g/mol. The first-order valence-corrected chi connectivity index (χ1v) is 7.85. The number of carbonyl (C=O) groups is 1. The minimum absolute atomic E-state index is 0.254. The zero-order valence-electron chi connectivity index (χ0n) is 13.7. The van der Waals surface area contributed by atoms with E-state index in [1.54, 1.807) is 16.7 Å². The fourth-order valence-corrected chi connectivity index (χ4v) is 2.71. The number of amides is 1. The summed E-state index contributed by atoms with van der Waals surface area (Å²) in [4.78, 5) is 17.2. The highest BCUT2D eigenvalue weighted by atomic mass is 19.2. The van der Waals surface area contributed by atoms with Crippen LogP contribution in [0.3, 0.4) is 0 Å². The van der Waals surface area contributed by atoms with Crippen molar-refractivity contribution in [2.45, 2.75) is 26.7 Å². The van der Waals surface area contributed by atoms with Gasteiger partial charge in [-0.25, -0.2) is 18.2 Å². The number of aryl methyl sites for hydroxylation is 2. The first-order chi connectivity index (χ1) is 11.9. The summed E-state index contributed by atoms with van der Waals surface area (Å²) in [5.41, 5.74) is 1.91. The molecular formula is C18H16F3N3O. The lowest BCUT2D eigenvalue weighted by molar-refractivity contribution is 0.102. The van der Waals surface area contributed by atoms with E-state index >= 15 is 0 Å². The number of fused-ring (bicyclic) bond motifs is 1. The maximum absolute atomic E-state index is 13.8. The van der Waals surface area contributed by atoms with Crippen molar-refractivity contribution >= 4 is 17.2 Å². The van der Waals surface area contributed by atoms with Crippen LogP contribution < -0.4 is 5.32 Å². The number of hydrogen-bond donors (Lipinski definition) is 1. The van der Waals surface area contributed by atoms with Crippen LogP contribution in [0.25, 0.3) is 5.65 Å². The van der Waals surface area contributed by atoms with Crippen LogP contribution in [0.5, 0.6) is 0 Å². The van der Waals surface area contributed by atoms with Crippen LogP contribution in [0.1, 0.15) is 35.1 Å². The number of halogens is 3. The summed E-state index contributed by atoms with van der Waals surface area (Å²) in [6.07, 6.45) is 3.01. The molecule has 0 aliphatic rings. The van der Waals surface area contributed by atoms with Crippen molar-refractivity contribution in [3.8, 4) is 0 Å². The Labute approximate surface area is 142 Å². The Hall–Kier alpha value is -2.83. The average Bonchev–Trinajstić information content (AvgIpc) is 2.95. The van der Waals surface area contributed by atoms with Gasteiger partial charge in [-0.1, -0.05) is 19.4 Å². The lowest BCUT2D eigenvalue weighted by Crippen LogP contribution is -2.18. The van der Waals surface area contributed by atoms with Crippen LogP contribution in [-0.4, -0.2) is 15.3 Å². The van der Waals surface area contributed by atoms with Crippen molar-refractivity contribution in [1.82, 2.24) is 9.38 Å². The lowest BCUT2D eigenvalue weighted by atomic mass is 10.2. The second kappa shape index (κ2) is 6.58. The Balaban J connectivity index is 2.06. The van der Waals surface area contributed by atoms with Gasteiger partial charge in [0.1, 0.15) is 11.3 Å². The number of aromatic nitrogens is 2. The van der Waals surface area contributed by atoms with Crippen LogP contribution in [0, 0.1) is 24.4 Å². The first-order valence-electron chi connectivity index (χ1n) is 7.85. The number of hydrogen-bond acceptors (Lipinski definition) is 2. The van der Waals surface area contributed by atoms with Gasteiger partial charge in [0.15, 0.2) is 17.5 Å². The fraction of sp³-hybridized carbons (Fsp3) is 0.222. The zero-order valence-corrected chi connectivity index (χ0v) is 13.7. The van der Waals surface area contributed by atoms with Crippen LogP contribution in [0.4, 0.5) is 18.9 Å². The molecule has 25 heavy (non-hydrogen) atoms. The van der Waals surface area contributed by atoms with Crippen molar-refractivity contribution < 1.29 is 18.0 Å². The number of rotatable bonds is 4. The summed E-state index contributed by atoms with van der Waals surface area (Å²) in [5.74, 6) is -5.00. The van der Waals surface area contributed by atoms with Gasteiger partial charge in [-0.2, -0.15) is 0 Å². The maximum Gasteiger partial charge on any atom is 0.274 e. The number of pyridine rings is 1. The molecule has 0 spiro atoms. The number of nitrogens with one attached hydrogen (secondary N) is 1. The molecule has 0 unspecified atom stereocenters. The normalized spacial score (nSPS) is 11.1. The van der Waals surface area contributed by atoms with Gasteiger partial charge in [-0.3, -0.25) is 9.20 Å². The van der Waals surface area contributed by atoms with Crippen LogP contribution in [-0.2, 0) is 6.42 Å². The van der Waals surface area contributed by atoms with Crippen LogP contribution >= 0.6 is 0 Å². The van der Waals surface area contributed by atoms with Gasteiger partial charge < -0.3 is 5.32 Å². The minimum Gasteiger partial charge on any atom is -0.318 e. The van der Waals surface area contributed by atoms with E-state index in [0.717, 1.165) is 24.1 Å². The highest BCUT2D eigenvalue weighted by Gasteiger charge is 2.22. The molecule has 3 rings (SSSR count). The summed E-state index contributed by atoms with van der Waals surface area (Å²) in [7, 11) is 0. The molecule has 0 bridgehead atoms. The van der Waals surface area contributed by atoms with Crippen LogP contribution in [0.2, 0.25) is 0 Å². The molecule has 0 saturated heterocycles. The van der Waals surface area contributed by atoms with E-state index in [1.807, 2.05) is 19.9 Å². The van der Waals surface area contributed by atoms with E-state index < -0.39 is 29.0 Å². The Morgan fingerprint density at radius 2 is 1.96 bits per heavy atom. The number of nitrogens with zero attached hydrogens (tertiary/aromatic N) is 2. The monoisotopic (exact) mass is 347 g/mol. The summed E-state index contributed by atoms with van der Waals surface area (Å²) in [6.45, 7) is 3.82. The Morgan fingerprint density at radius 3 is 2.68 bits per heavy atom. The van der Waals surface area contributed by atoms with Crippen LogP contribution in [0.15, 0.2) is 30.5 Å². The third kappa shape index (κ3) is 2.97. The number of anilines is 1. The second-order valence-corrected chi connectivity index (χ2v) is 5.72. The molecule has 3 aromatic rings. The SMILES string of the molecule is CCCc1nc2c(C)cccn2c1C(=O)Nc1ccc(F)c(F)c1F. The van der Waals surface area contributed by atoms with Gasteiger partial charge in [0, 0.05) is 6.20 Å². The molecule has 2 heterocycles. The average molecular weight is 347 g/mol. The second-order valence-electron chi connectivity index (χ2n) is 5.72. The summed E-state index contributed by atoms with van der Waals surface area (Å²) < 4.78 is 41.9. The molecule has 130 valence electrons. The molecule has 0 aliphatic heterocycles. The molecule has 0 radical (unpaired) electrons. The van der Waals surface area contributed by atoms with Gasteiger partial charge in [0.25, 0.3) is 5.91 Å². The molecule has 1 N–H and O–H groups in total.